The van der Waals surface area contributed by atoms with E-state index in [2.05, 4.69) is 4.90 Å². The number of hydrogen-bond donors (Lipinski definition) is 0. The Morgan fingerprint density at radius 1 is 0.938 bits per heavy atom. The maximum absolute atomic E-state index is 13.2. The Morgan fingerprint density at radius 2 is 1.59 bits per heavy atom. The van der Waals surface area contributed by atoms with Crippen LogP contribution >= 0.6 is 0 Å². The number of benzene rings is 2. The summed E-state index contributed by atoms with van der Waals surface area (Å²) in [5, 5.41) is 0. The van der Waals surface area contributed by atoms with Crippen LogP contribution in [0.15, 0.2) is 53.4 Å². The van der Waals surface area contributed by atoms with Crippen molar-refractivity contribution < 1.29 is 17.9 Å². The molecule has 2 aliphatic rings. The average molecular weight is 458 g/mol. The molecule has 4 rings (SSSR count). The van der Waals surface area contributed by atoms with Crippen molar-refractivity contribution in [2.75, 3.05) is 51.3 Å². The van der Waals surface area contributed by atoms with Crippen molar-refractivity contribution >= 4 is 21.6 Å². The molecule has 1 amide bonds. The fourth-order valence-corrected chi connectivity index (χ4v) is 5.98. The van der Waals surface area contributed by atoms with E-state index >= 15 is 0 Å². The van der Waals surface area contributed by atoms with Gasteiger partial charge in [-0.15, -0.1) is 0 Å². The van der Waals surface area contributed by atoms with Crippen molar-refractivity contribution in [2.45, 2.75) is 24.7 Å². The zero-order valence-corrected chi connectivity index (χ0v) is 19.6. The molecule has 2 heterocycles. The average Bonchev–Trinajstić information content (AvgIpc) is 2.84. The zero-order valence-electron chi connectivity index (χ0n) is 18.7. The summed E-state index contributed by atoms with van der Waals surface area (Å²) in [6, 6.07) is 14.9. The van der Waals surface area contributed by atoms with Crippen LogP contribution in [0.4, 0.5) is 5.69 Å². The second kappa shape index (κ2) is 9.50. The van der Waals surface area contributed by atoms with Gasteiger partial charge in [0, 0.05) is 45.0 Å². The fourth-order valence-electron chi connectivity index (χ4n) is 4.46. The smallest absolute Gasteiger partial charge is 0.243 e. The highest BCUT2D eigenvalue weighted by molar-refractivity contribution is 7.89. The summed E-state index contributed by atoms with van der Waals surface area (Å²) in [5.41, 5.74) is 2.13. The van der Waals surface area contributed by atoms with E-state index in [1.165, 1.54) is 4.31 Å². The van der Waals surface area contributed by atoms with Gasteiger partial charge in [-0.2, -0.15) is 4.31 Å². The molecule has 0 aliphatic carbocycles. The molecule has 0 radical (unpaired) electrons. The maximum Gasteiger partial charge on any atom is 0.243 e. The molecule has 0 N–H and O–H groups in total. The maximum atomic E-state index is 13.2. The van der Waals surface area contributed by atoms with Gasteiger partial charge in [0.15, 0.2) is 0 Å². The molecular formula is C24H31N3O4S. The third-order valence-electron chi connectivity index (χ3n) is 6.42. The lowest BCUT2D eigenvalue weighted by Crippen LogP contribution is -2.53. The molecule has 2 fully saturated rings. The third-order valence-corrected chi connectivity index (χ3v) is 8.30. The molecule has 0 bridgehead atoms. The quantitative estimate of drug-likeness (QED) is 0.691. The lowest BCUT2D eigenvalue weighted by molar-refractivity contribution is -0.137. The van der Waals surface area contributed by atoms with Crippen LogP contribution in [0.25, 0.3) is 0 Å². The van der Waals surface area contributed by atoms with Crippen molar-refractivity contribution in [1.29, 1.82) is 0 Å². The molecule has 1 unspecified atom stereocenters. The Hall–Kier alpha value is -2.58. The minimum absolute atomic E-state index is 0.0724. The molecule has 0 spiro atoms. The van der Waals surface area contributed by atoms with Gasteiger partial charge in [-0.3, -0.25) is 4.79 Å². The number of methoxy groups -OCH3 is 1. The Morgan fingerprint density at radius 3 is 2.22 bits per heavy atom. The normalized spacial score (nSPS) is 20.2. The summed E-state index contributed by atoms with van der Waals surface area (Å²) in [4.78, 5) is 17.7. The molecule has 1 atom stereocenters. The van der Waals surface area contributed by atoms with E-state index in [-0.39, 0.29) is 18.4 Å². The molecule has 2 saturated heterocycles. The molecule has 32 heavy (non-hydrogen) atoms. The van der Waals surface area contributed by atoms with E-state index in [1.807, 2.05) is 48.2 Å². The highest BCUT2D eigenvalue weighted by Crippen LogP contribution is 2.26. The van der Waals surface area contributed by atoms with Gasteiger partial charge in [0.1, 0.15) is 5.75 Å². The number of nitrogens with zero attached hydrogens (tertiary/aromatic N) is 3. The Labute approximate surface area is 190 Å². The Kier molecular flexibility index (Phi) is 6.71. The van der Waals surface area contributed by atoms with Crippen molar-refractivity contribution in [3.05, 3.63) is 54.1 Å². The SMILES string of the molecule is COc1ccc(N2CCN(C(=O)C3CCCN(S(=O)(=O)c4ccc(C)cc4)C3)CC2)cc1. The summed E-state index contributed by atoms with van der Waals surface area (Å²) in [6.07, 6.45) is 1.44. The largest absolute Gasteiger partial charge is 0.497 e. The van der Waals surface area contributed by atoms with Crippen molar-refractivity contribution in [2.24, 2.45) is 5.92 Å². The van der Waals surface area contributed by atoms with E-state index in [9.17, 15) is 13.2 Å². The molecular weight excluding hydrogens is 426 g/mol. The molecule has 7 nitrogen and oxygen atoms in total. The van der Waals surface area contributed by atoms with Crippen LogP contribution < -0.4 is 9.64 Å². The van der Waals surface area contributed by atoms with Crippen molar-refractivity contribution in [1.82, 2.24) is 9.21 Å². The van der Waals surface area contributed by atoms with Crippen molar-refractivity contribution in [3.63, 3.8) is 0 Å². The minimum atomic E-state index is -3.58. The van der Waals surface area contributed by atoms with Gasteiger partial charge < -0.3 is 14.5 Å². The summed E-state index contributed by atoms with van der Waals surface area (Å²) in [7, 11) is -1.93. The van der Waals surface area contributed by atoms with Crippen LogP contribution in [0.3, 0.4) is 0 Å². The van der Waals surface area contributed by atoms with Gasteiger partial charge in [-0.1, -0.05) is 17.7 Å². The first-order valence-electron chi connectivity index (χ1n) is 11.1. The van der Waals surface area contributed by atoms with Crippen LogP contribution in [-0.2, 0) is 14.8 Å². The van der Waals surface area contributed by atoms with Gasteiger partial charge in [-0.05, 0) is 56.2 Å². The zero-order chi connectivity index (χ0) is 22.7. The van der Waals surface area contributed by atoms with E-state index in [1.54, 1.807) is 19.2 Å². The summed E-state index contributed by atoms with van der Waals surface area (Å²) in [6.45, 7) is 5.46. The van der Waals surface area contributed by atoms with Crippen LogP contribution in [0.2, 0.25) is 0 Å². The number of sulfonamides is 1. The van der Waals surface area contributed by atoms with Gasteiger partial charge in [0.25, 0.3) is 0 Å². The number of piperazine rings is 1. The topological polar surface area (TPSA) is 70.2 Å². The fraction of sp³-hybridized carbons (Fsp3) is 0.458. The molecule has 2 aromatic rings. The van der Waals surface area contributed by atoms with Gasteiger partial charge in [0.2, 0.25) is 15.9 Å². The summed E-state index contributed by atoms with van der Waals surface area (Å²) >= 11 is 0. The van der Waals surface area contributed by atoms with Crippen LogP contribution in [0.5, 0.6) is 5.75 Å². The second-order valence-corrected chi connectivity index (χ2v) is 10.5. The number of carbonyl (C=O) groups excluding carboxylic acids is 1. The second-order valence-electron chi connectivity index (χ2n) is 8.53. The number of aryl methyl sites for hydroxylation is 1. The number of rotatable bonds is 5. The van der Waals surface area contributed by atoms with E-state index in [0.717, 1.165) is 36.5 Å². The van der Waals surface area contributed by atoms with Gasteiger partial charge >= 0.3 is 0 Å². The molecule has 0 aromatic heterocycles. The van der Waals surface area contributed by atoms with Crippen LogP contribution in [0, 0.1) is 12.8 Å². The summed E-state index contributed by atoms with van der Waals surface area (Å²) < 4.78 is 32.9. The van der Waals surface area contributed by atoms with E-state index in [0.29, 0.717) is 31.0 Å². The Balaban J connectivity index is 1.36. The molecule has 0 saturated carbocycles. The lowest BCUT2D eigenvalue weighted by Gasteiger charge is -2.39. The minimum Gasteiger partial charge on any atom is -0.497 e. The Bertz CT molecular complexity index is 1030. The monoisotopic (exact) mass is 457 g/mol. The summed E-state index contributed by atoms with van der Waals surface area (Å²) in [5.74, 6) is 0.615. The number of ether oxygens (including phenoxy) is 1. The third kappa shape index (κ3) is 4.76. The molecule has 2 aromatic carbocycles. The standard InChI is InChI=1S/C24H31N3O4S/c1-19-5-11-23(12-6-19)32(29,30)27-13-3-4-20(18-27)24(28)26-16-14-25(15-17-26)21-7-9-22(31-2)10-8-21/h5-12,20H,3-4,13-18H2,1-2H3. The van der Waals surface area contributed by atoms with Crippen LogP contribution in [0.1, 0.15) is 18.4 Å². The number of amides is 1. The van der Waals surface area contributed by atoms with Crippen LogP contribution in [-0.4, -0.2) is 69.9 Å². The molecule has 8 heteroatoms. The predicted octanol–water partition coefficient (Wildman–Crippen LogP) is 2.75. The first-order chi connectivity index (χ1) is 15.4. The number of hydrogen-bond acceptors (Lipinski definition) is 5. The number of piperidine rings is 1. The lowest BCUT2D eigenvalue weighted by atomic mass is 9.97. The van der Waals surface area contributed by atoms with Gasteiger partial charge in [0.05, 0.1) is 17.9 Å². The highest BCUT2D eigenvalue weighted by atomic mass is 32.2. The first-order valence-corrected chi connectivity index (χ1v) is 12.6. The first kappa shape index (κ1) is 22.6. The number of carbonyl (C=O) groups is 1. The molecule has 172 valence electrons. The number of anilines is 1. The van der Waals surface area contributed by atoms with E-state index in [4.69, 9.17) is 4.74 Å². The molecule has 2 aliphatic heterocycles. The van der Waals surface area contributed by atoms with Crippen molar-refractivity contribution in [3.8, 4) is 5.75 Å². The predicted molar refractivity (Wildman–Crippen MR) is 124 cm³/mol. The van der Waals surface area contributed by atoms with Gasteiger partial charge in [-0.25, -0.2) is 8.42 Å². The van der Waals surface area contributed by atoms with E-state index < -0.39 is 10.0 Å². The highest BCUT2D eigenvalue weighted by Gasteiger charge is 2.35.